The Morgan fingerprint density at radius 3 is 1.76 bits per heavy atom. The van der Waals surface area contributed by atoms with Crippen LogP contribution in [0.5, 0.6) is 11.5 Å². The molecule has 0 bridgehead atoms. The lowest BCUT2D eigenvalue weighted by Crippen LogP contribution is -2.15. The lowest BCUT2D eigenvalue weighted by Gasteiger charge is -2.13. The van der Waals surface area contributed by atoms with Gasteiger partial charge in [-0.15, -0.1) is 0 Å². The fraction of sp³-hybridized carbons (Fsp3) is 0.511. The SMILES string of the molecule is CCCCCCCCCCCCCCCOc1ccc(C#CC(=O)Oc2ccc(-c3ccc(C(=O)O[C@H](C)CCCCCC)cc3)cc2)cc1F. The van der Waals surface area contributed by atoms with Gasteiger partial charge < -0.3 is 14.2 Å². The average Bonchev–Trinajstić information content (AvgIpc) is 3.13. The molecule has 0 aliphatic heterocycles. The Hall–Kier alpha value is -4.11. The highest BCUT2D eigenvalue weighted by Crippen LogP contribution is 2.24. The first kappa shape index (κ1) is 41.3. The van der Waals surface area contributed by atoms with Crippen LogP contribution in [0.25, 0.3) is 11.1 Å². The van der Waals surface area contributed by atoms with Crippen molar-refractivity contribution in [2.24, 2.45) is 0 Å². The number of esters is 2. The van der Waals surface area contributed by atoms with Gasteiger partial charge in [0.2, 0.25) is 0 Å². The van der Waals surface area contributed by atoms with Gasteiger partial charge in [-0.25, -0.2) is 14.0 Å². The molecule has 0 aliphatic rings. The van der Waals surface area contributed by atoms with Crippen LogP contribution in [0.2, 0.25) is 0 Å². The van der Waals surface area contributed by atoms with Gasteiger partial charge in [-0.3, -0.25) is 0 Å². The van der Waals surface area contributed by atoms with E-state index in [1.165, 1.54) is 89.5 Å². The zero-order chi connectivity index (χ0) is 36.5. The van der Waals surface area contributed by atoms with Crippen LogP contribution in [0, 0.1) is 17.7 Å². The number of halogens is 1. The van der Waals surface area contributed by atoms with Crippen LogP contribution >= 0.6 is 0 Å². The van der Waals surface area contributed by atoms with Crippen LogP contribution in [0.4, 0.5) is 4.39 Å². The molecule has 276 valence electrons. The summed E-state index contributed by atoms with van der Waals surface area (Å²) in [4.78, 5) is 24.9. The summed E-state index contributed by atoms with van der Waals surface area (Å²) in [6, 6.07) is 18.7. The van der Waals surface area contributed by atoms with Crippen LogP contribution in [0.3, 0.4) is 0 Å². The lowest BCUT2D eigenvalue weighted by molar-refractivity contribution is -0.128. The number of hydrogen-bond acceptors (Lipinski definition) is 5. The second kappa shape index (κ2) is 24.9. The number of rotatable bonds is 24. The van der Waals surface area contributed by atoms with Crippen molar-refractivity contribution >= 4 is 11.9 Å². The van der Waals surface area contributed by atoms with Gasteiger partial charge in [0.15, 0.2) is 11.6 Å². The van der Waals surface area contributed by atoms with Crippen molar-refractivity contribution in [2.45, 2.75) is 142 Å². The van der Waals surface area contributed by atoms with Gasteiger partial charge in [-0.05, 0) is 79.8 Å². The molecule has 0 saturated heterocycles. The molecule has 0 N–H and O–H groups in total. The van der Waals surface area contributed by atoms with Gasteiger partial charge in [0, 0.05) is 11.5 Å². The van der Waals surface area contributed by atoms with Crippen molar-refractivity contribution in [3.8, 4) is 34.5 Å². The minimum atomic E-state index is -0.742. The van der Waals surface area contributed by atoms with E-state index in [1.807, 2.05) is 31.2 Å². The van der Waals surface area contributed by atoms with Crippen molar-refractivity contribution in [1.29, 1.82) is 0 Å². The van der Waals surface area contributed by atoms with Gasteiger partial charge in [0.1, 0.15) is 5.75 Å². The van der Waals surface area contributed by atoms with E-state index in [1.54, 1.807) is 36.4 Å². The molecule has 0 heterocycles. The topological polar surface area (TPSA) is 61.8 Å². The molecule has 3 aromatic rings. The number of hydrogen-bond donors (Lipinski definition) is 0. The van der Waals surface area contributed by atoms with Crippen LogP contribution in [-0.2, 0) is 9.53 Å². The lowest BCUT2D eigenvalue weighted by atomic mass is 10.0. The summed E-state index contributed by atoms with van der Waals surface area (Å²) in [6.45, 7) is 6.85. The molecule has 0 unspecified atom stereocenters. The molecule has 0 spiro atoms. The highest BCUT2D eigenvalue weighted by atomic mass is 19.1. The molecule has 0 amide bonds. The number of ether oxygens (including phenoxy) is 3. The number of benzene rings is 3. The molecule has 5 nitrogen and oxygen atoms in total. The summed E-state index contributed by atoms with van der Waals surface area (Å²) < 4.78 is 31.2. The third-order valence-corrected chi connectivity index (χ3v) is 9.04. The van der Waals surface area contributed by atoms with E-state index in [-0.39, 0.29) is 17.8 Å². The Bertz CT molecular complexity index is 1490. The maximum atomic E-state index is 14.6. The monoisotopic (exact) mass is 698 g/mol. The van der Waals surface area contributed by atoms with Crippen molar-refractivity contribution in [1.82, 2.24) is 0 Å². The highest BCUT2D eigenvalue weighted by molar-refractivity contribution is 5.91. The number of unbranched alkanes of at least 4 members (excludes halogenated alkanes) is 15. The van der Waals surface area contributed by atoms with Gasteiger partial charge >= 0.3 is 11.9 Å². The fourth-order valence-electron chi connectivity index (χ4n) is 5.94. The normalized spacial score (nSPS) is 11.4. The predicted molar refractivity (Wildman–Crippen MR) is 206 cm³/mol. The van der Waals surface area contributed by atoms with Crippen molar-refractivity contribution in [3.05, 3.63) is 83.7 Å². The largest absolute Gasteiger partial charge is 0.491 e. The molecule has 0 aliphatic carbocycles. The van der Waals surface area contributed by atoms with E-state index in [4.69, 9.17) is 14.2 Å². The molecule has 1 atom stereocenters. The molecule has 3 rings (SSSR count). The molecule has 51 heavy (non-hydrogen) atoms. The van der Waals surface area contributed by atoms with Crippen LogP contribution in [0.15, 0.2) is 66.7 Å². The Balaban J connectivity index is 1.34. The maximum Gasteiger partial charge on any atom is 0.390 e. The summed E-state index contributed by atoms with van der Waals surface area (Å²) >= 11 is 0. The first-order valence-electron chi connectivity index (χ1n) is 19.5. The molecule has 0 radical (unpaired) electrons. The highest BCUT2D eigenvalue weighted by Gasteiger charge is 2.12. The van der Waals surface area contributed by atoms with Gasteiger partial charge in [0.05, 0.1) is 18.3 Å². The van der Waals surface area contributed by atoms with E-state index in [9.17, 15) is 14.0 Å². The summed E-state index contributed by atoms with van der Waals surface area (Å²) in [5, 5.41) is 0. The van der Waals surface area contributed by atoms with E-state index in [2.05, 4.69) is 25.7 Å². The second-order valence-corrected chi connectivity index (χ2v) is 13.5. The van der Waals surface area contributed by atoms with Crippen molar-refractivity contribution in [3.63, 3.8) is 0 Å². The van der Waals surface area contributed by atoms with Crippen molar-refractivity contribution in [2.75, 3.05) is 6.61 Å². The first-order chi connectivity index (χ1) is 24.9. The molecule has 3 aromatic carbocycles. The molecular formula is C45H59FO5. The van der Waals surface area contributed by atoms with E-state index in [0.29, 0.717) is 23.5 Å². The first-order valence-corrected chi connectivity index (χ1v) is 19.5. The van der Waals surface area contributed by atoms with Gasteiger partial charge in [-0.1, -0.05) is 140 Å². The maximum absolute atomic E-state index is 14.6. The Morgan fingerprint density at radius 1 is 0.667 bits per heavy atom. The van der Waals surface area contributed by atoms with E-state index < -0.39 is 11.8 Å². The zero-order valence-electron chi connectivity index (χ0n) is 31.3. The van der Waals surface area contributed by atoms with Crippen LogP contribution in [-0.4, -0.2) is 24.6 Å². The second-order valence-electron chi connectivity index (χ2n) is 13.5. The number of carbonyl (C=O) groups excluding carboxylic acids is 2. The summed E-state index contributed by atoms with van der Waals surface area (Å²) in [5.41, 5.74) is 2.69. The van der Waals surface area contributed by atoms with E-state index in [0.717, 1.165) is 43.2 Å². The Morgan fingerprint density at radius 2 is 1.20 bits per heavy atom. The minimum absolute atomic E-state index is 0.112. The predicted octanol–water partition coefficient (Wildman–Crippen LogP) is 12.4. The average molecular weight is 699 g/mol. The Labute approximate surface area is 306 Å². The summed E-state index contributed by atoms with van der Waals surface area (Å²) in [7, 11) is 0. The van der Waals surface area contributed by atoms with Crippen LogP contribution < -0.4 is 9.47 Å². The van der Waals surface area contributed by atoms with Gasteiger partial charge in [0.25, 0.3) is 0 Å². The third-order valence-electron chi connectivity index (χ3n) is 9.04. The molecule has 0 aromatic heterocycles. The Kier molecular flexibility index (Phi) is 20.2. The fourth-order valence-corrected chi connectivity index (χ4v) is 5.94. The number of carbonyl (C=O) groups is 2. The summed E-state index contributed by atoms with van der Waals surface area (Å²) in [5.74, 6) is 4.07. The minimum Gasteiger partial charge on any atom is -0.491 e. The quantitative estimate of drug-likeness (QED) is 0.0403. The molecule has 0 fully saturated rings. The summed E-state index contributed by atoms with van der Waals surface area (Å²) in [6.07, 6.45) is 21.9. The van der Waals surface area contributed by atoms with Crippen LogP contribution in [0.1, 0.15) is 152 Å². The smallest absolute Gasteiger partial charge is 0.390 e. The molecule has 6 heteroatoms. The molecular weight excluding hydrogens is 639 g/mol. The molecule has 0 saturated carbocycles. The van der Waals surface area contributed by atoms with Gasteiger partial charge in [-0.2, -0.15) is 0 Å². The standard InChI is InChI=1S/C45H59FO5/c1-4-6-8-10-11-12-13-14-15-16-17-18-20-34-49-43-32-22-37(35-42(43)46)23-33-44(47)51-41-30-28-39(29-31-41)38-24-26-40(27-25-38)45(48)50-36(3)21-19-9-7-5-2/h22,24-32,35-36H,4-21,34H2,1-3H3/t36-/m1/s1. The van der Waals surface area contributed by atoms with Crippen molar-refractivity contribution < 1.29 is 28.2 Å². The zero-order valence-corrected chi connectivity index (χ0v) is 31.3. The third kappa shape index (κ3) is 17.1. The van der Waals surface area contributed by atoms with E-state index >= 15 is 0 Å².